The zero-order chi connectivity index (χ0) is 9.26. The van der Waals surface area contributed by atoms with Crippen LogP contribution in [0.25, 0.3) is 10.7 Å². The minimum atomic E-state index is 0.617. The highest BCUT2D eigenvalue weighted by Gasteiger charge is 2.08. The van der Waals surface area contributed by atoms with E-state index in [1.165, 1.54) is 11.3 Å². The fourth-order valence-electron chi connectivity index (χ4n) is 0.897. The van der Waals surface area contributed by atoms with Gasteiger partial charge in [0.1, 0.15) is 5.69 Å². The second-order valence-corrected chi connectivity index (χ2v) is 4.55. The standard InChI is InChI=1S/C7H5BrN4S/c8-7-12-11-6(13-7)5-4(9)2-1-3-10-5/h1-3H,9H2. The number of halogens is 1. The summed E-state index contributed by atoms with van der Waals surface area (Å²) in [6, 6.07) is 3.58. The quantitative estimate of drug-likeness (QED) is 0.847. The number of rotatable bonds is 1. The van der Waals surface area contributed by atoms with E-state index in [-0.39, 0.29) is 0 Å². The molecular weight excluding hydrogens is 252 g/mol. The molecule has 0 spiro atoms. The van der Waals surface area contributed by atoms with E-state index in [4.69, 9.17) is 5.73 Å². The monoisotopic (exact) mass is 256 g/mol. The third-order valence-corrected chi connectivity index (χ3v) is 2.80. The van der Waals surface area contributed by atoms with E-state index >= 15 is 0 Å². The Labute approximate surface area is 87.0 Å². The third-order valence-electron chi connectivity index (χ3n) is 1.44. The van der Waals surface area contributed by atoms with Crippen molar-refractivity contribution >= 4 is 33.0 Å². The van der Waals surface area contributed by atoms with E-state index in [0.29, 0.717) is 11.4 Å². The lowest BCUT2D eigenvalue weighted by Gasteiger charge is -1.97. The van der Waals surface area contributed by atoms with Crippen LogP contribution < -0.4 is 5.73 Å². The van der Waals surface area contributed by atoms with E-state index in [0.717, 1.165) is 8.92 Å². The predicted octanol–water partition coefficient (Wildman–Crippen LogP) is 1.94. The Kier molecular flexibility index (Phi) is 2.24. The van der Waals surface area contributed by atoms with Crippen LogP contribution in [0.2, 0.25) is 0 Å². The van der Waals surface area contributed by atoms with Crippen molar-refractivity contribution < 1.29 is 0 Å². The molecule has 0 saturated heterocycles. The summed E-state index contributed by atoms with van der Waals surface area (Å²) in [7, 11) is 0. The summed E-state index contributed by atoms with van der Waals surface area (Å²) in [5, 5.41) is 8.48. The molecule has 0 unspecified atom stereocenters. The van der Waals surface area contributed by atoms with Crippen molar-refractivity contribution in [3.8, 4) is 10.7 Å². The van der Waals surface area contributed by atoms with Crippen LogP contribution in [0, 0.1) is 0 Å². The number of anilines is 1. The summed E-state index contributed by atoms with van der Waals surface area (Å²) in [4.78, 5) is 4.12. The van der Waals surface area contributed by atoms with Gasteiger partial charge < -0.3 is 5.73 Å². The molecule has 0 atom stereocenters. The van der Waals surface area contributed by atoms with Gasteiger partial charge in [0.15, 0.2) is 8.92 Å². The summed E-state index contributed by atoms with van der Waals surface area (Å²) < 4.78 is 0.729. The lowest BCUT2D eigenvalue weighted by molar-refractivity contribution is 1.07. The first kappa shape index (κ1) is 8.58. The number of hydrogen-bond donors (Lipinski definition) is 1. The molecular formula is C7H5BrN4S. The molecule has 2 aromatic heterocycles. The van der Waals surface area contributed by atoms with Crippen molar-refractivity contribution in [1.82, 2.24) is 15.2 Å². The van der Waals surface area contributed by atoms with Crippen LogP contribution in [0.15, 0.2) is 22.2 Å². The largest absolute Gasteiger partial charge is 0.397 e. The number of nitrogens with zero attached hydrogens (tertiary/aromatic N) is 3. The number of nitrogens with two attached hydrogens (primary N) is 1. The Morgan fingerprint density at radius 2 is 2.23 bits per heavy atom. The Morgan fingerprint density at radius 1 is 1.38 bits per heavy atom. The minimum Gasteiger partial charge on any atom is -0.397 e. The SMILES string of the molecule is Nc1cccnc1-c1nnc(Br)s1. The zero-order valence-electron chi connectivity index (χ0n) is 6.44. The molecule has 0 aliphatic heterocycles. The van der Waals surface area contributed by atoms with Crippen LogP contribution >= 0.6 is 27.3 Å². The predicted molar refractivity (Wildman–Crippen MR) is 55.3 cm³/mol. The fourth-order valence-corrected chi connectivity index (χ4v) is 2.03. The first-order chi connectivity index (χ1) is 6.27. The van der Waals surface area contributed by atoms with Gasteiger partial charge >= 0.3 is 0 Å². The average Bonchev–Trinajstić information content (AvgIpc) is 2.53. The van der Waals surface area contributed by atoms with Gasteiger partial charge in [-0.2, -0.15) is 0 Å². The number of aromatic nitrogens is 3. The first-order valence-corrected chi connectivity index (χ1v) is 5.08. The summed E-state index contributed by atoms with van der Waals surface area (Å²) in [6.45, 7) is 0. The molecule has 66 valence electrons. The van der Waals surface area contributed by atoms with Gasteiger partial charge in [0, 0.05) is 6.20 Å². The summed E-state index contributed by atoms with van der Waals surface area (Å²) in [5.41, 5.74) is 7.03. The molecule has 0 aromatic carbocycles. The van der Waals surface area contributed by atoms with Crippen molar-refractivity contribution in [3.63, 3.8) is 0 Å². The van der Waals surface area contributed by atoms with Gasteiger partial charge in [0.2, 0.25) is 0 Å². The lowest BCUT2D eigenvalue weighted by atomic mass is 10.3. The molecule has 2 N–H and O–H groups in total. The molecule has 2 aromatic rings. The molecule has 13 heavy (non-hydrogen) atoms. The molecule has 0 saturated carbocycles. The van der Waals surface area contributed by atoms with Crippen molar-refractivity contribution in [2.75, 3.05) is 5.73 Å². The van der Waals surface area contributed by atoms with Crippen molar-refractivity contribution in [2.45, 2.75) is 0 Å². The van der Waals surface area contributed by atoms with Gasteiger partial charge in [0.05, 0.1) is 5.69 Å². The smallest absolute Gasteiger partial charge is 0.183 e. The van der Waals surface area contributed by atoms with Crippen LogP contribution in [-0.2, 0) is 0 Å². The topological polar surface area (TPSA) is 64.7 Å². The van der Waals surface area contributed by atoms with Crippen LogP contribution in [0.3, 0.4) is 0 Å². The molecule has 6 heteroatoms. The van der Waals surface area contributed by atoms with Crippen LogP contribution in [0.1, 0.15) is 0 Å². The molecule has 0 aliphatic rings. The molecule has 0 radical (unpaired) electrons. The van der Waals surface area contributed by atoms with E-state index in [2.05, 4.69) is 31.1 Å². The number of hydrogen-bond acceptors (Lipinski definition) is 5. The Morgan fingerprint density at radius 3 is 2.85 bits per heavy atom. The summed E-state index contributed by atoms with van der Waals surface area (Å²) in [6.07, 6.45) is 1.68. The normalized spacial score (nSPS) is 10.2. The molecule has 0 fully saturated rings. The maximum absolute atomic E-state index is 5.72. The average molecular weight is 257 g/mol. The summed E-state index contributed by atoms with van der Waals surface area (Å²) >= 11 is 4.64. The third kappa shape index (κ3) is 1.68. The Balaban J connectivity index is 2.52. The second-order valence-electron chi connectivity index (χ2n) is 2.30. The van der Waals surface area contributed by atoms with Gasteiger partial charge in [-0.1, -0.05) is 11.3 Å². The van der Waals surface area contributed by atoms with Crippen LogP contribution in [0.5, 0.6) is 0 Å². The van der Waals surface area contributed by atoms with E-state index in [1.807, 2.05) is 0 Å². The zero-order valence-corrected chi connectivity index (χ0v) is 8.84. The highest BCUT2D eigenvalue weighted by molar-refractivity contribution is 9.11. The van der Waals surface area contributed by atoms with Gasteiger partial charge in [-0.05, 0) is 28.1 Å². The van der Waals surface area contributed by atoms with Gasteiger partial charge in [0.25, 0.3) is 0 Å². The summed E-state index contributed by atoms with van der Waals surface area (Å²) in [5.74, 6) is 0. The van der Waals surface area contributed by atoms with Gasteiger partial charge in [-0.15, -0.1) is 10.2 Å². The van der Waals surface area contributed by atoms with Crippen molar-refractivity contribution in [2.24, 2.45) is 0 Å². The highest BCUT2D eigenvalue weighted by Crippen LogP contribution is 2.28. The molecule has 4 nitrogen and oxygen atoms in total. The number of nitrogen functional groups attached to an aromatic ring is 1. The molecule has 2 heterocycles. The Bertz CT molecular complexity index is 428. The van der Waals surface area contributed by atoms with Gasteiger partial charge in [-0.3, -0.25) is 4.98 Å². The van der Waals surface area contributed by atoms with Crippen LogP contribution in [-0.4, -0.2) is 15.2 Å². The highest BCUT2D eigenvalue weighted by atomic mass is 79.9. The van der Waals surface area contributed by atoms with Crippen LogP contribution in [0.4, 0.5) is 5.69 Å². The van der Waals surface area contributed by atoms with Crippen molar-refractivity contribution in [3.05, 3.63) is 22.2 Å². The Hall–Kier alpha value is -1.01. The van der Waals surface area contributed by atoms with E-state index < -0.39 is 0 Å². The van der Waals surface area contributed by atoms with Gasteiger partial charge in [-0.25, -0.2) is 0 Å². The molecule has 0 aliphatic carbocycles. The molecule has 0 amide bonds. The minimum absolute atomic E-state index is 0.617. The second kappa shape index (κ2) is 3.39. The maximum atomic E-state index is 5.72. The lowest BCUT2D eigenvalue weighted by Crippen LogP contribution is -1.91. The fraction of sp³-hybridized carbons (Fsp3) is 0. The van der Waals surface area contributed by atoms with E-state index in [9.17, 15) is 0 Å². The first-order valence-electron chi connectivity index (χ1n) is 3.47. The number of pyridine rings is 1. The maximum Gasteiger partial charge on any atom is 0.183 e. The van der Waals surface area contributed by atoms with E-state index in [1.54, 1.807) is 18.3 Å². The molecule has 0 bridgehead atoms. The van der Waals surface area contributed by atoms with Crippen molar-refractivity contribution in [1.29, 1.82) is 0 Å². The molecule has 2 rings (SSSR count).